The molecule has 2 aromatic rings. The lowest BCUT2D eigenvalue weighted by atomic mass is 9.96. The summed E-state index contributed by atoms with van der Waals surface area (Å²) >= 11 is 0. The summed E-state index contributed by atoms with van der Waals surface area (Å²) < 4.78 is 5.04. The summed E-state index contributed by atoms with van der Waals surface area (Å²) in [6.45, 7) is 4.02. The van der Waals surface area contributed by atoms with Crippen molar-refractivity contribution in [3.05, 3.63) is 30.0 Å². The van der Waals surface area contributed by atoms with Gasteiger partial charge in [-0.3, -0.25) is 0 Å². The summed E-state index contributed by atoms with van der Waals surface area (Å²) in [6.07, 6.45) is 2.44. The number of nitrogens with zero attached hydrogens (tertiary/aromatic N) is 2. The van der Waals surface area contributed by atoms with Gasteiger partial charge in [-0.15, -0.1) is 0 Å². The van der Waals surface area contributed by atoms with Crippen molar-refractivity contribution >= 4 is 11.0 Å². The van der Waals surface area contributed by atoms with Crippen LogP contribution in [0.2, 0.25) is 0 Å². The molecule has 2 rings (SSSR count). The van der Waals surface area contributed by atoms with Crippen LogP contribution in [0.5, 0.6) is 5.88 Å². The Morgan fingerprint density at radius 2 is 2.06 bits per heavy atom. The van der Waals surface area contributed by atoms with Crippen molar-refractivity contribution in [2.45, 2.75) is 25.8 Å². The van der Waals surface area contributed by atoms with E-state index < -0.39 is 0 Å². The van der Waals surface area contributed by atoms with E-state index in [9.17, 15) is 0 Å². The molecule has 17 heavy (non-hydrogen) atoms. The zero-order valence-corrected chi connectivity index (χ0v) is 10.4. The Morgan fingerprint density at radius 3 is 2.71 bits per heavy atom. The van der Waals surface area contributed by atoms with Crippen molar-refractivity contribution < 1.29 is 4.74 Å². The minimum atomic E-state index is -0.215. The molecule has 0 fully saturated rings. The maximum atomic E-state index is 6.00. The predicted octanol–water partition coefficient (Wildman–Crippen LogP) is 1.92. The maximum absolute atomic E-state index is 6.00. The van der Waals surface area contributed by atoms with Gasteiger partial charge in [-0.05, 0) is 38.0 Å². The molecule has 0 spiro atoms. The summed E-state index contributed by atoms with van der Waals surface area (Å²) in [4.78, 5) is 8.63. The molecule has 1 aromatic heterocycles. The van der Waals surface area contributed by atoms with E-state index in [4.69, 9.17) is 10.5 Å². The molecular formula is C13H17N3O. The number of hydrogen-bond donors (Lipinski definition) is 1. The Hall–Kier alpha value is -1.68. The predicted molar refractivity (Wildman–Crippen MR) is 68.1 cm³/mol. The molecule has 0 radical (unpaired) electrons. The fourth-order valence-corrected chi connectivity index (χ4v) is 1.77. The topological polar surface area (TPSA) is 61.0 Å². The average molecular weight is 231 g/mol. The second-order valence-electron chi connectivity index (χ2n) is 4.90. The van der Waals surface area contributed by atoms with Crippen LogP contribution in [0, 0.1) is 0 Å². The van der Waals surface area contributed by atoms with Crippen LogP contribution in [0.3, 0.4) is 0 Å². The van der Waals surface area contributed by atoms with E-state index in [0.29, 0.717) is 5.88 Å². The number of benzene rings is 1. The zero-order valence-electron chi connectivity index (χ0n) is 10.4. The Kier molecular flexibility index (Phi) is 2.98. The lowest BCUT2D eigenvalue weighted by Gasteiger charge is -2.18. The highest BCUT2D eigenvalue weighted by Gasteiger charge is 2.12. The van der Waals surface area contributed by atoms with Crippen molar-refractivity contribution in [3.8, 4) is 5.88 Å². The maximum Gasteiger partial charge on any atom is 0.232 e. The molecular weight excluding hydrogens is 214 g/mol. The summed E-state index contributed by atoms with van der Waals surface area (Å²) in [7, 11) is 1.58. The molecule has 90 valence electrons. The Morgan fingerprint density at radius 1 is 1.29 bits per heavy atom. The monoisotopic (exact) mass is 231 g/mol. The minimum Gasteiger partial charge on any atom is -0.480 e. The van der Waals surface area contributed by atoms with E-state index in [1.807, 2.05) is 32.0 Å². The second kappa shape index (κ2) is 4.30. The van der Waals surface area contributed by atoms with Gasteiger partial charge in [-0.2, -0.15) is 0 Å². The van der Waals surface area contributed by atoms with Crippen LogP contribution in [0.1, 0.15) is 19.4 Å². The Labute approximate surface area is 101 Å². The number of nitrogens with two attached hydrogens (primary N) is 1. The molecule has 0 atom stereocenters. The van der Waals surface area contributed by atoms with Gasteiger partial charge in [0.2, 0.25) is 5.88 Å². The molecule has 4 heteroatoms. The van der Waals surface area contributed by atoms with Gasteiger partial charge >= 0.3 is 0 Å². The quantitative estimate of drug-likeness (QED) is 0.876. The van der Waals surface area contributed by atoms with Gasteiger partial charge in [0.25, 0.3) is 0 Å². The molecule has 1 heterocycles. The smallest absolute Gasteiger partial charge is 0.232 e. The van der Waals surface area contributed by atoms with Gasteiger partial charge in [0, 0.05) is 5.54 Å². The number of hydrogen-bond acceptors (Lipinski definition) is 4. The van der Waals surface area contributed by atoms with Crippen LogP contribution < -0.4 is 10.5 Å². The van der Waals surface area contributed by atoms with E-state index in [-0.39, 0.29) is 5.54 Å². The molecule has 0 bridgehead atoms. The van der Waals surface area contributed by atoms with Gasteiger partial charge < -0.3 is 10.5 Å². The molecule has 0 aliphatic heterocycles. The largest absolute Gasteiger partial charge is 0.480 e. The normalized spacial score (nSPS) is 11.8. The minimum absolute atomic E-state index is 0.215. The van der Waals surface area contributed by atoms with Crippen molar-refractivity contribution in [1.82, 2.24) is 9.97 Å². The van der Waals surface area contributed by atoms with Crippen LogP contribution in [0.4, 0.5) is 0 Å². The highest BCUT2D eigenvalue weighted by Crippen LogP contribution is 2.17. The molecule has 1 aromatic carbocycles. The van der Waals surface area contributed by atoms with Crippen LogP contribution in [0.15, 0.2) is 24.4 Å². The van der Waals surface area contributed by atoms with Crippen molar-refractivity contribution in [2.75, 3.05) is 7.11 Å². The van der Waals surface area contributed by atoms with Crippen LogP contribution in [-0.4, -0.2) is 22.6 Å². The third kappa shape index (κ3) is 2.91. The molecule has 0 aliphatic carbocycles. The fourth-order valence-electron chi connectivity index (χ4n) is 1.77. The molecule has 0 saturated carbocycles. The van der Waals surface area contributed by atoms with E-state index in [1.165, 1.54) is 5.56 Å². The van der Waals surface area contributed by atoms with Gasteiger partial charge in [-0.25, -0.2) is 9.97 Å². The third-order valence-corrected chi connectivity index (χ3v) is 2.45. The Balaban J connectivity index is 2.38. The lowest BCUT2D eigenvalue weighted by molar-refractivity contribution is 0.397. The van der Waals surface area contributed by atoms with Crippen LogP contribution in [0.25, 0.3) is 11.0 Å². The second-order valence-corrected chi connectivity index (χ2v) is 4.90. The highest BCUT2D eigenvalue weighted by atomic mass is 16.5. The molecule has 0 amide bonds. The number of fused-ring (bicyclic) bond motifs is 1. The number of ether oxygens (including phenoxy) is 1. The molecule has 0 saturated heterocycles. The van der Waals surface area contributed by atoms with Gasteiger partial charge in [-0.1, -0.05) is 6.07 Å². The first-order valence-corrected chi connectivity index (χ1v) is 5.56. The highest BCUT2D eigenvalue weighted by molar-refractivity contribution is 5.75. The number of methoxy groups -OCH3 is 1. The third-order valence-electron chi connectivity index (χ3n) is 2.45. The number of aromatic nitrogens is 2. The molecule has 2 N–H and O–H groups in total. The fraction of sp³-hybridized carbons (Fsp3) is 0.385. The van der Waals surface area contributed by atoms with E-state index in [0.717, 1.165) is 17.5 Å². The first-order chi connectivity index (χ1) is 7.98. The van der Waals surface area contributed by atoms with Gasteiger partial charge in [0.05, 0.1) is 24.3 Å². The summed E-state index contributed by atoms with van der Waals surface area (Å²) in [6, 6.07) is 6.01. The first kappa shape index (κ1) is 11.8. The SMILES string of the molecule is COc1cnc2cc(CC(C)(C)N)ccc2n1. The summed E-state index contributed by atoms with van der Waals surface area (Å²) in [5.41, 5.74) is 8.66. The lowest BCUT2D eigenvalue weighted by Crippen LogP contribution is -2.34. The van der Waals surface area contributed by atoms with Crippen molar-refractivity contribution in [3.63, 3.8) is 0 Å². The Bertz CT molecular complexity index is 532. The van der Waals surface area contributed by atoms with Crippen LogP contribution in [-0.2, 0) is 6.42 Å². The molecule has 0 unspecified atom stereocenters. The van der Waals surface area contributed by atoms with Crippen molar-refractivity contribution in [2.24, 2.45) is 5.73 Å². The molecule has 0 aliphatic rings. The van der Waals surface area contributed by atoms with E-state index in [1.54, 1.807) is 13.3 Å². The molecule has 4 nitrogen and oxygen atoms in total. The van der Waals surface area contributed by atoms with Gasteiger partial charge in [0.15, 0.2) is 0 Å². The van der Waals surface area contributed by atoms with E-state index >= 15 is 0 Å². The average Bonchev–Trinajstić information content (AvgIpc) is 2.26. The summed E-state index contributed by atoms with van der Waals surface area (Å²) in [5, 5.41) is 0. The standard InChI is InChI=1S/C13H17N3O/c1-13(2,14)7-9-4-5-10-11(6-9)15-8-12(16-10)17-3/h4-6,8H,7,14H2,1-3H3. The van der Waals surface area contributed by atoms with Crippen LogP contribution >= 0.6 is 0 Å². The summed E-state index contributed by atoms with van der Waals surface area (Å²) in [5.74, 6) is 0.532. The zero-order chi connectivity index (χ0) is 12.5. The van der Waals surface area contributed by atoms with Crippen molar-refractivity contribution in [1.29, 1.82) is 0 Å². The van der Waals surface area contributed by atoms with E-state index in [2.05, 4.69) is 9.97 Å². The number of rotatable bonds is 3. The van der Waals surface area contributed by atoms with Gasteiger partial charge in [0.1, 0.15) is 0 Å². The first-order valence-electron chi connectivity index (χ1n) is 5.56.